The summed E-state index contributed by atoms with van der Waals surface area (Å²) in [7, 11) is 1.71. The molecule has 5 nitrogen and oxygen atoms in total. The predicted molar refractivity (Wildman–Crippen MR) is 92.4 cm³/mol. The minimum atomic E-state index is -0.210. The van der Waals surface area contributed by atoms with E-state index in [1.165, 1.54) is 16.2 Å². The van der Waals surface area contributed by atoms with Gasteiger partial charge >= 0.3 is 0 Å². The average Bonchev–Trinajstić information content (AvgIpc) is 2.97. The predicted octanol–water partition coefficient (Wildman–Crippen LogP) is 3.76. The van der Waals surface area contributed by atoms with E-state index in [4.69, 9.17) is 4.74 Å². The van der Waals surface area contributed by atoms with Gasteiger partial charge in [-0.3, -0.25) is 9.69 Å². The van der Waals surface area contributed by atoms with Crippen LogP contribution in [0.4, 0.5) is 5.13 Å². The smallest absolute Gasteiger partial charge is 0.278 e. The fraction of sp³-hybridized carbons (Fsp3) is 0.235. The quantitative estimate of drug-likeness (QED) is 0.732. The number of carbonyl (C=O) groups is 1. The molecule has 1 aromatic carbocycles. The fourth-order valence-corrected chi connectivity index (χ4v) is 3.03. The minimum absolute atomic E-state index is 0.00911. The van der Waals surface area contributed by atoms with Crippen molar-refractivity contribution in [3.8, 4) is 5.88 Å². The lowest BCUT2D eigenvalue weighted by molar-refractivity contribution is 0.0986. The zero-order valence-corrected chi connectivity index (χ0v) is 14.0. The van der Waals surface area contributed by atoms with Crippen LogP contribution in [0.25, 0.3) is 10.2 Å². The Hall–Kier alpha value is -2.47. The Balaban J connectivity index is 1.87. The van der Waals surface area contributed by atoms with E-state index in [-0.39, 0.29) is 12.0 Å². The first-order valence-electron chi connectivity index (χ1n) is 7.32. The molecule has 0 bridgehead atoms. The van der Waals surface area contributed by atoms with Crippen LogP contribution in [0.5, 0.6) is 5.88 Å². The van der Waals surface area contributed by atoms with Crippen LogP contribution in [0.15, 0.2) is 42.5 Å². The minimum Gasteiger partial charge on any atom is -0.475 e. The van der Waals surface area contributed by atoms with E-state index >= 15 is 0 Å². The van der Waals surface area contributed by atoms with Gasteiger partial charge in [0.1, 0.15) is 5.69 Å². The van der Waals surface area contributed by atoms with Crippen LogP contribution in [0, 0.1) is 0 Å². The second-order valence-electron chi connectivity index (χ2n) is 5.36. The molecule has 23 heavy (non-hydrogen) atoms. The maximum Gasteiger partial charge on any atom is 0.278 e. The Bertz CT molecular complexity index is 811. The van der Waals surface area contributed by atoms with Crippen molar-refractivity contribution in [1.82, 2.24) is 9.97 Å². The fourth-order valence-electron chi connectivity index (χ4n) is 2.10. The first-order valence-corrected chi connectivity index (χ1v) is 8.13. The van der Waals surface area contributed by atoms with E-state index in [0.29, 0.717) is 16.7 Å². The molecule has 1 amide bonds. The molecule has 0 N–H and O–H groups in total. The second-order valence-corrected chi connectivity index (χ2v) is 6.37. The molecule has 0 spiro atoms. The summed E-state index contributed by atoms with van der Waals surface area (Å²) in [6.07, 6.45) is 0.00911. The standard InChI is InChI=1S/C17H17N3O2S/c1-11(2)22-15-10-6-8-13(18-15)16(21)20(3)17-19-12-7-4-5-9-14(12)23-17/h4-11H,1-3H3. The van der Waals surface area contributed by atoms with Crippen molar-refractivity contribution in [2.75, 3.05) is 11.9 Å². The highest BCUT2D eigenvalue weighted by molar-refractivity contribution is 7.22. The Morgan fingerprint density at radius 2 is 1.91 bits per heavy atom. The summed E-state index contributed by atoms with van der Waals surface area (Å²) in [5, 5.41) is 0.646. The average molecular weight is 327 g/mol. The number of para-hydroxylation sites is 1. The van der Waals surface area contributed by atoms with Gasteiger partial charge in [0, 0.05) is 13.1 Å². The van der Waals surface area contributed by atoms with E-state index in [0.717, 1.165) is 10.2 Å². The number of pyridine rings is 1. The first kappa shape index (κ1) is 15.4. The van der Waals surface area contributed by atoms with Crippen molar-refractivity contribution in [3.63, 3.8) is 0 Å². The summed E-state index contributed by atoms with van der Waals surface area (Å²) < 4.78 is 6.59. The van der Waals surface area contributed by atoms with Crippen LogP contribution in [0.1, 0.15) is 24.3 Å². The van der Waals surface area contributed by atoms with Crippen molar-refractivity contribution < 1.29 is 9.53 Å². The lowest BCUT2D eigenvalue weighted by atomic mass is 10.3. The molecule has 0 atom stereocenters. The number of fused-ring (bicyclic) bond motifs is 1. The van der Waals surface area contributed by atoms with Gasteiger partial charge in [0.25, 0.3) is 5.91 Å². The first-order chi connectivity index (χ1) is 11.0. The molecule has 0 radical (unpaired) electrons. The third-order valence-electron chi connectivity index (χ3n) is 3.17. The molecule has 3 aromatic rings. The second kappa shape index (κ2) is 6.34. The largest absolute Gasteiger partial charge is 0.475 e. The Kier molecular flexibility index (Phi) is 4.25. The molecule has 2 aromatic heterocycles. The molecule has 0 unspecified atom stereocenters. The molecular formula is C17H17N3O2S. The summed E-state index contributed by atoms with van der Waals surface area (Å²) in [4.78, 5) is 22.9. The number of aromatic nitrogens is 2. The molecule has 0 aliphatic heterocycles. The van der Waals surface area contributed by atoms with Gasteiger partial charge in [-0.05, 0) is 32.0 Å². The number of ether oxygens (including phenoxy) is 1. The Morgan fingerprint density at radius 3 is 2.65 bits per heavy atom. The Morgan fingerprint density at radius 1 is 1.13 bits per heavy atom. The monoisotopic (exact) mass is 327 g/mol. The summed E-state index contributed by atoms with van der Waals surface area (Å²) in [5.74, 6) is 0.238. The van der Waals surface area contributed by atoms with Crippen molar-refractivity contribution in [3.05, 3.63) is 48.2 Å². The highest BCUT2D eigenvalue weighted by Gasteiger charge is 2.19. The molecular weight excluding hydrogens is 310 g/mol. The van der Waals surface area contributed by atoms with E-state index in [1.807, 2.05) is 38.1 Å². The molecule has 0 aliphatic carbocycles. The Labute approximate surface area is 138 Å². The zero-order chi connectivity index (χ0) is 16.4. The van der Waals surface area contributed by atoms with Gasteiger partial charge in [0.05, 0.1) is 16.3 Å². The van der Waals surface area contributed by atoms with Crippen molar-refractivity contribution >= 4 is 32.6 Å². The topological polar surface area (TPSA) is 55.3 Å². The maximum atomic E-state index is 12.6. The summed E-state index contributed by atoms with van der Waals surface area (Å²) in [6.45, 7) is 3.84. The summed E-state index contributed by atoms with van der Waals surface area (Å²) in [5.41, 5.74) is 1.22. The van der Waals surface area contributed by atoms with Gasteiger partial charge < -0.3 is 4.74 Å². The number of thiazole rings is 1. The van der Waals surface area contributed by atoms with Crippen LogP contribution >= 0.6 is 11.3 Å². The molecule has 0 saturated carbocycles. The molecule has 2 heterocycles. The lowest BCUT2D eigenvalue weighted by Gasteiger charge is -2.14. The lowest BCUT2D eigenvalue weighted by Crippen LogP contribution is -2.27. The number of hydrogen-bond acceptors (Lipinski definition) is 5. The van der Waals surface area contributed by atoms with E-state index in [9.17, 15) is 4.79 Å². The van der Waals surface area contributed by atoms with Gasteiger partial charge in [0.2, 0.25) is 5.88 Å². The highest BCUT2D eigenvalue weighted by atomic mass is 32.1. The van der Waals surface area contributed by atoms with Crippen LogP contribution in [-0.4, -0.2) is 29.0 Å². The van der Waals surface area contributed by atoms with Crippen molar-refractivity contribution in [2.45, 2.75) is 20.0 Å². The summed E-state index contributed by atoms with van der Waals surface area (Å²) in [6, 6.07) is 13.0. The van der Waals surface area contributed by atoms with Gasteiger partial charge in [0.15, 0.2) is 5.13 Å². The number of carbonyl (C=O) groups excluding carboxylic acids is 1. The van der Waals surface area contributed by atoms with Gasteiger partial charge in [-0.15, -0.1) is 0 Å². The van der Waals surface area contributed by atoms with Gasteiger partial charge in [-0.2, -0.15) is 0 Å². The van der Waals surface area contributed by atoms with Gasteiger partial charge in [-0.1, -0.05) is 29.5 Å². The number of anilines is 1. The molecule has 0 saturated heterocycles. The SMILES string of the molecule is CC(C)Oc1cccc(C(=O)N(C)c2nc3ccccc3s2)n1. The van der Waals surface area contributed by atoms with E-state index in [2.05, 4.69) is 9.97 Å². The van der Waals surface area contributed by atoms with E-state index < -0.39 is 0 Å². The number of amides is 1. The normalized spacial score (nSPS) is 11.0. The third-order valence-corrected chi connectivity index (χ3v) is 4.29. The van der Waals surface area contributed by atoms with Crippen molar-refractivity contribution in [2.24, 2.45) is 0 Å². The summed E-state index contributed by atoms with van der Waals surface area (Å²) >= 11 is 1.48. The molecule has 118 valence electrons. The van der Waals surface area contributed by atoms with Crippen LogP contribution < -0.4 is 9.64 Å². The van der Waals surface area contributed by atoms with Crippen LogP contribution in [0.2, 0.25) is 0 Å². The van der Waals surface area contributed by atoms with Gasteiger partial charge in [-0.25, -0.2) is 9.97 Å². The maximum absolute atomic E-state index is 12.6. The molecule has 6 heteroatoms. The number of rotatable bonds is 4. The highest BCUT2D eigenvalue weighted by Crippen LogP contribution is 2.28. The van der Waals surface area contributed by atoms with Crippen LogP contribution in [0.3, 0.4) is 0 Å². The number of hydrogen-bond donors (Lipinski definition) is 0. The number of nitrogens with zero attached hydrogens (tertiary/aromatic N) is 3. The third kappa shape index (κ3) is 3.32. The number of benzene rings is 1. The van der Waals surface area contributed by atoms with Crippen molar-refractivity contribution in [1.29, 1.82) is 0 Å². The van der Waals surface area contributed by atoms with E-state index in [1.54, 1.807) is 25.2 Å². The molecule has 0 aliphatic rings. The molecule has 3 rings (SSSR count). The van der Waals surface area contributed by atoms with Crippen LogP contribution in [-0.2, 0) is 0 Å². The molecule has 0 fully saturated rings. The zero-order valence-electron chi connectivity index (χ0n) is 13.2.